The Bertz CT molecular complexity index is 1020. The van der Waals surface area contributed by atoms with Gasteiger partial charge in [-0.3, -0.25) is 0 Å². The van der Waals surface area contributed by atoms with Gasteiger partial charge in [-0.15, -0.1) is 0 Å². The van der Waals surface area contributed by atoms with E-state index in [4.69, 9.17) is 13.9 Å². The van der Waals surface area contributed by atoms with Crippen LogP contribution in [-0.4, -0.2) is 18.7 Å². The largest absolute Gasteiger partial charge is 0.482 e. The molecule has 2 aromatic carbocycles. The quantitative estimate of drug-likeness (QED) is 0.475. The number of esters is 1. The first-order chi connectivity index (χ1) is 13.7. The molecule has 1 aliphatic rings. The molecule has 0 bridgehead atoms. The maximum atomic E-state index is 12.0. The first-order valence-electron chi connectivity index (χ1n) is 9.65. The summed E-state index contributed by atoms with van der Waals surface area (Å²) < 4.78 is 16.4. The molecule has 1 aliphatic carbocycles. The molecular formula is C23H22O5. The van der Waals surface area contributed by atoms with Gasteiger partial charge in [-0.1, -0.05) is 36.8 Å². The lowest BCUT2D eigenvalue weighted by atomic mass is 9.98. The fraction of sp³-hybridized carbons (Fsp3) is 0.304. The summed E-state index contributed by atoms with van der Waals surface area (Å²) in [5, 5.41) is 0.808. The Balaban J connectivity index is 1.50. The molecule has 0 radical (unpaired) electrons. The summed E-state index contributed by atoms with van der Waals surface area (Å²) >= 11 is 0. The fourth-order valence-corrected chi connectivity index (χ4v) is 3.63. The van der Waals surface area contributed by atoms with E-state index in [1.807, 2.05) is 36.4 Å². The zero-order chi connectivity index (χ0) is 19.3. The number of fused-ring (bicyclic) bond motifs is 1. The molecular weight excluding hydrogens is 356 g/mol. The number of hydrogen-bond acceptors (Lipinski definition) is 5. The monoisotopic (exact) mass is 378 g/mol. The van der Waals surface area contributed by atoms with Crippen LogP contribution < -0.4 is 10.4 Å². The minimum absolute atomic E-state index is 0.00732. The summed E-state index contributed by atoms with van der Waals surface area (Å²) in [5.41, 5.74) is 1.73. The van der Waals surface area contributed by atoms with Crippen LogP contribution in [0, 0.1) is 0 Å². The maximum absolute atomic E-state index is 12.0. The van der Waals surface area contributed by atoms with Gasteiger partial charge in [0.25, 0.3) is 0 Å². The summed E-state index contributed by atoms with van der Waals surface area (Å²) in [6, 6.07) is 16.4. The van der Waals surface area contributed by atoms with Crippen molar-refractivity contribution in [2.24, 2.45) is 0 Å². The Morgan fingerprint density at radius 1 is 1.00 bits per heavy atom. The highest BCUT2D eigenvalue weighted by atomic mass is 16.6. The van der Waals surface area contributed by atoms with Crippen molar-refractivity contribution in [3.8, 4) is 16.9 Å². The van der Waals surface area contributed by atoms with E-state index in [0.29, 0.717) is 11.3 Å². The van der Waals surface area contributed by atoms with Crippen molar-refractivity contribution in [3.63, 3.8) is 0 Å². The third-order valence-electron chi connectivity index (χ3n) is 5.01. The number of ether oxygens (including phenoxy) is 2. The van der Waals surface area contributed by atoms with E-state index < -0.39 is 5.63 Å². The fourth-order valence-electron chi connectivity index (χ4n) is 3.63. The third-order valence-corrected chi connectivity index (χ3v) is 5.01. The zero-order valence-electron chi connectivity index (χ0n) is 15.6. The molecule has 0 aliphatic heterocycles. The Kier molecular flexibility index (Phi) is 5.42. The second-order valence-electron chi connectivity index (χ2n) is 7.04. The first-order valence-corrected chi connectivity index (χ1v) is 9.65. The molecule has 4 rings (SSSR count). The van der Waals surface area contributed by atoms with Gasteiger partial charge in [0.15, 0.2) is 6.61 Å². The van der Waals surface area contributed by atoms with Gasteiger partial charge in [0.1, 0.15) is 17.4 Å². The van der Waals surface area contributed by atoms with Crippen molar-refractivity contribution in [1.29, 1.82) is 0 Å². The predicted molar refractivity (Wildman–Crippen MR) is 106 cm³/mol. The van der Waals surface area contributed by atoms with Gasteiger partial charge in [0.2, 0.25) is 0 Å². The predicted octanol–water partition coefficient (Wildman–Crippen LogP) is 4.71. The Morgan fingerprint density at radius 3 is 2.57 bits per heavy atom. The number of carbonyl (C=O) groups excluding carboxylic acids is 1. The zero-order valence-corrected chi connectivity index (χ0v) is 15.6. The normalized spacial score (nSPS) is 14.7. The smallest absolute Gasteiger partial charge is 0.344 e. The molecule has 1 fully saturated rings. The minimum atomic E-state index is -0.430. The summed E-state index contributed by atoms with van der Waals surface area (Å²) in [5.74, 6) is 0.0907. The molecule has 1 aromatic heterocycles. The summed E-state index contributed by atoms with van der Waals surface area (Å²) in [4.78, 5) is 24.0. The Morgan fingerprint density at radius 2 is 1.79 bits per heavy atom. The van der Waals surface area contributed by atoms with Crippen LogP contribution in [0.2, 0.25) is 0 Å². The van der Waals surface area contributed by atoms with Crippen LogP contribution in [0.5, 0.6) is 5.75 Å². The van der Waals surface area contributed by atoms with Gasteiger partial charge < -0.3 is 13.9 Å². The molecule has 0 atom stereocenters. The second-order valence-corrected chi connectivity index (χ2v) is 7.04. The Hall–Kier alpha value is -3.08. The van der Waals surface area contributed by atoms with Crippen molar-refractivity contribution in [2.75, 3.05) is 6.61 Å². The molecule has 1 saturated carbocycles. The highest BCUT2D eigenvalue weighted by Gasteiger charge is 2.18. The van der Waals surface area contributed by atoms with E-state index >= 15 is 0 Å². The molecule has 28 heavy (non-hydrogen) atoms. The van der Waals surface area contributed by atoms with Gasteiger partial charge in [0.05, 0.1) is 0 Å². The maximum Gasteiger partial charge on any atom is 0.344 e. The molecule has 1 heterocycles. The molecule has 144 valence electrons. The summed E-state index contributed by atoms with van der Waals surface area (Å²) in [6.45, 7) is -0.162. The van der Waals surface area contributed by atoms with E-state index in [1.54, 1.807) is 12.1 Å². The number of rotatable bonds is 5. The lowest BCUT2D eigenvalue weighted by Crippen LogP contribution is -2.24. The van der Waals surface area contributed by atoms with Crippen LogP contribution in [0.25, 0.3) is 22.1 Å². The number of carbonyl (C=O) groups is 1. The van der Waals surface area contributed by atoms with Crippen molar-refractivity contribution in [2.45, 2.75) is 38.2 Å². The second kappa shape index (κ2) is 8.30. The van der Waals surface area contributed by atoms with E-state index in [0.717, 1.165) is 42.2 Å². The molecule has 3 aromatic rings. The molecule has 0 unspecified atom stereocenters. The van der Waals surface area contributed by atoms with Gasteiger partial charge in [-0.25, -0.2) is 9.59 Å². The van der Waals surface area contributed by atoms with Crippen LogP contribution in [0.15, 0.2) is 63.8 Å². The topological polar surface area (TPSA) is 65.7 Å². The van der Waals surface area contributed by atoms with Crippen molar-refractivity contribution in [3.05, 3.63) is 65.0 Å². The molecule has 0 spiro atoms. The average molecular weight is 378 g/mol. The van der Waals surface area contributed by atoms with Crippen LogP contribution in [0.1, 0.15) is 32.1 Å². The standard InChI is InChI=1S/C23H22O5/c24-22-14-20(16-7-3-1-4-8-16)19-12-11-18(13-21(19)28-22)26-15-23(25)27-17-9-5-2-6-10-17/h1,3-4,7-8,11-14,17H,2,5-6,9-10,15H2. The van der Waals surface area contributed by atoms with E-state index in [9.17, 15) is 9.59 Å². The van der Waals surface area contributed by atoms with E-state index in [-0.39, 0.29) is 18.7 Å². The van der Waals surface area contributed by atoms with Gasteiger partial charge in [-0.05, 0) is 48.9 Å². The van der Waals surface area contributed by atoms with Crippen LogP contribution in [0.4, 0.5) is 0 Å². The molecule has 5 nitrogen and oxygen atoms in total. The molecule has 5 heteroatoms. The van der Waals surface area contributed by atoms with Crippen molar-refractivity contribution in [1.82, 2.24) is 0 Å². The number of hydrogen-bond donors (Lipinski definition) is 0. The highest BCUT2D eigenvalue weighted by molar-refractivity contribution is 5.93. The van der Waals surface area contributed by atoms with Gasteiger partial charge in [-0.2, -0.15) is 0 Å². The van der Waals surface area contributed by atoms with Crippen molar-refractivity contribution < 1.29 is 18.7 Å². The first kappa shape index (κ1) is 18.3. The van der Waals surface area contributed by atoms with E-state index in [1.165, 1.54) is 12.5 Å². The minimum Gasteiger partial charge on any atom is -0.482 e. The number of benzene rings is 2. The van der Waals surface area contributed by atoms with Crippen LogP contribution >= 0.6 is 0 Å². The van der Waals surface area contributed by atoms with Gasteiger partial charge in [0, 0.05) is 17.5 Å². The summed E-state index contributed by atoms with van der Waals surface area (Å²) in [6.07, 6.45) is 5.27. The lowest BCUT2D eigenvalue weighted by Gasteiger charge is -2.21. The Labute approximate surface area is 162 Å². The van der Waals surface area contributed by atoms with Crippen molar-refractivity contribution >= 4 is 16.9 Å². The molecule has 0 saturated heterocycles. The van der Waals surface area contributed by atoms with E-state index in [2.05, 4.69) is 0 Å². The summed E-state index contributed by atoms with van der Waals surface area (Å²) in [7, 11) is 0. The molecule has 0 amide bonds. The molecule has 0 N–H and O–H groups in total. The lowest BCUT2D eigenvalue weighted by molar-refractivity contribution is -0.152. The highest BCUT2D eigenvalue weighted by Crippen LogP contribution is 2.29. The SMILES string of the molecule is O=C(COc1ccc2c(-c3ccccc3)cc(=O)oc2c1)OC1CCCCC1. The average Bonchev–Trinajstić information content (AvgIpc) is 2.73. The van der Waals surface area contributed by atoms with Crippen LogP contribution in [0.3, 0.4) is 0 Å². The third kappa shape index (κ3) is 4.25. The van der Waals surface area contributed by atoms with Crippen LogP contribution in [-0.2, 0) is 9.53 Å². The van der Waals surface area contributed by atoms with Gasteiger partial charge >= 0.3 is 11.6 Å².